The summed E-state index contributed by atoms with van der Waals surface area (Å²) < 4.78 is 0.242. The molecule has 0 bridgehead atoms. The Kier molecular flexibility index (Phi) is 4.51. The number of thioether (sulfide) groups is 1. The number of hydrogen-bond acceptors (Lipinski definition) is 6. The van der Waals surface area contributed by atoms with Crippen molar-refractivity contribution in [3.05, 3.63) is 35.0 Å². The third-order valence-electron chi connectivity index (χ3n) is 2.80. The van der Waals surface area contributed by atoms with Crippen LogP contribution >= 0.6 is 24.0 Å². The molecule has 0 aromatic carbocycles. The second-order valence-electron chi connectivity index (χ2n) is 4.08. The molecule has 0 spiro atoms. The van der Waals surface area contributed by atoms with Crippen LogP contribution in [0.25, 0.3) is 6.08 Å². The lowest BCUT2D eigenvalue weighted by molar-refractivity contribution is -0.310. The van der Waals surface area contributed by atoms with Crippen molar-refractivity contribution in [3.63, 3.8) is 0 Å². The Balaban J connectivity index is 2.29. The Bertz CT molecular complexity index is 587. The Labute approximate surface area is 125 Å². The van der Waals surface area contributed by atoms with Crippen molar-refractivity contribution in [1.82, 2.24) is 9.88 Å². The SMILES string of the molecule is CC[C@@H](C(=O)[O-])N1C(=O)/C(=C/c2ccncc2)SC1=S. The molecule has 0 saturated carbocycles. The van der Waals surface area contributed by atoms with Gasteiger partial charge >= 0.3 is 0 Å². The molecule has 0 radical (unpaired) electrons. The lowest BCUT2D eigenvalue weighted by atomic mass is 10.2. The van der Waals surface area contributed by atoms with Gasteiger partial charge in [0, 0.05) is 12.4 Å². The minimum Gasteiger partial charge on any atom is -0.548 e. The number of carboxylic acids is 1. The molecule has 2 rings (SSSR count). The highest BCUT2D eigenvalue weighted by Crippen LogP contribution is 2.34. The third kappa shape index (κ3) is 2.88. The molecule has 104 valence electrons. The summed E-state index contributed by atoms with van der Waals surface area (Å²) in [5.41, 5.74) is 0.807. The van der Waals surface area contributed by atoms with Crippen LogP contribution in [0.15, 0.2) is 29.4 Å². The van der Waals surface area contributed by atoms with E-state index >= 15 is 0 Å². The smallest absolute Gasteiger partial charge is 0.266 e. The number of amides is 1. The molecule has 1 aromatic rings. The van der Waals surface area contributed by atoms with Gasteiger partial charge in [0.25, 0.3) is 5.91 Å². The fourth-order valence-corrected chi connectivity index (χ4v) is 3.17. The van der Waals surface area contributed by atoms with Crippen LogP contribution in [-0.2, 0) is 9.59 Å². The number of aromatic nitrogens is 1. The molecular weight excluding hydrogens is 296 g/mol. The number of aliphatic carboxylic acids is 1. The number of pyridine rings is 1. The monoisotopic (exact) mass is 307 g/mol. The largest absolute Gasteiger partial charge is 0.548 e. The van der Waals surface area contributed by atoms with Crippen LogP contribution in [0.4, 0.5) is 0 Å². The van der Waals surface area contributed by atoms with E-state index in [0.717, 1.165) is 22.2 Å². The van der Waals surface area contributed by atoms with Crippen molar-refractivity contribution in [2.75, 3.05) is 0 Å². The Morgan fingerprint density at radius 2 is 2.20 bits per heavy atom. The molecule has 0 N–H and O–H groups in total. The Morgan fingerprint density at radius 1 is 1.55 bits per heavy atom. The molecule has 1 aromatic heterocycles. The van der Waals surface area contributed by atoms with Crippen molar-refractivity contribution in [1.29, 1.82) is 0 Å². The highest BCUT2D eigenvalue weighted by molar-refractivity contribution is 8.26. The quantitative estimate of drug-likeness (QED) is 0.605. The second kappa shape index (κ2) is 6.15. The van der Waals surface area contributed by atoms with Gasteiger partial charge in [0.05, 0.1) is 16.9 Å². The molecule has 5 nitrogen and oxygen atoms in total. The van der Waals surface area contributed by atoms with Gasteiger partial charge in [-0.3, -0.25) is 14.7 Å². The van der Waals surface area contributed by atoms with E-state index in [1.165, 1.54) is 0 Å². The molecule has 0 unspecified atom stereocenters. The fourth-order valence-electron chi connectivity index (χ4n) is 1.81. The molecular formula is C13H11N2O3S2-. The van der Waals surface area contributed by atoms with Gasteiger partial charge in [-0.05, 0) is 30.2 Å². The van der Waals surface area contributed by atoms with E-state index in [-0.39, 0.29) is 10.7 Å². The maximum Gasteiger partial charge on any atom is 0.266 e. The third-order valence-corrected chi connectivity index (χ3v) is 4.13. The van der Waals surface area contributed by atoms with E-state index in [2.05, 4.69) is 4.98 Å². The van der Waals surface area contributed by atoms with Gasteiger partial charge in [0.15, 0.2) is 0 Å². The first kappa shape index (κ1) is 14.7. The van der Waals surface area contributed by atoms with Gasteiger partial charge in [-0.1, -0.05) is 30.9 Å². The summed E-state index contributed by atoms with van der Waals surface area (Å²) in [5, 5.41) is 11.1. The molecule has 1 amide bonds. The van der Waals surface area contributed by atoms with Crippen LogP contribution in [0.2, 0.25) is 0 Å². The summed E-state index contributed by atoms with van der Waals surface area (Å²) in [5.74, 6) is -1.69. The van der Waals surface area contributed by atoms with Crippen molar-refractivity contribution in [3.8, 4) is 0 Å². The molecule has 1 fully saturated rings. The lowest BCUT2D eigenvalue weighted by Crippen LogP contribution is -2.49. The van der Waals surface area contributed by atoms with Crippen molar-refractivity contribution < 1.29 is 14.7 Å². The highest BCUT2D eigenvalue weighted by atomic mass is 32.2. The standard InChI is InChI=1S/C13H12N2O3S2/c1-2-9(12(17)18)15-11(16)10(20-13(15)19)7-8-3-5-14-6-4-8/h3-7,9H,2H2,1H3,(H,17,18)/p-1/b10-7-/t9-/m0/s1. The van der Waals surface area contributed by atoms with E-state index in [1.807, 2.05) is 0 Å². The number of carbonyl (C=O) groups excluding carboxylic acids is 2. The number of carboxylic acid groups (broad SMARTS) is 1. The van der Waals surface area contributed by atoms with E-state index in [4.69, 9.17) is 12.2 Å². The molecule has 0 aliphatic carbocycles. The average molecular weight is 307 g/mol. The maximum atomic E-state index is 12.3. The maximum absolute atomic E-state index is 12.3. The second-order valence-corrected chi connectivity index (χ2v) is 5.75. The first-order valence-corrected chi connectivity index (χ1v) is 7.15. The minimum atomic E-state index is -1.30. The zero-order chi connectivity index (χ0) is 14.7. The van der Waals surface area contributed by atoms with Crippen molar-refractivity contribution in [2.45, 2.75) is 19.4 Å². The van der Waals surface area contributed by atoms with Gasteiger partial charge < -0.3 is 9.90 Å². The van der Waals surface area contributed by atoms with Crippen LogP contribution in [0.5, 0.6) is 0 Å². The van der Waals surface area contributed by atoms with E-state index in [1.54, 1.807) is 37.5 Å². The van der Waals surface area contributed by atoms with Gasteiger partial charge in [-0.2, -0.15) is 0 Å². The first-order chi connectivity index (χ1) is 9.54. The van der Waals surface area contributed by atoms with Gasteiger partial charge in [-0.25, -0.2) is 0 Å². The van der Waals surface area contributed by atoms with Crippen molar-refractivity contribution in [2.24, 2.45) is 0 Å². The number of nitrogens with zero attached hydrogens (tertiary/aromatic N) is 2. The first-order valence-electron chi connectivity index (χ1n) is 5.92. The van der Waals surface area contributed by atoms with E-state index in [0.29, 0.717) is 4.91 Å². The summed E-state index contributed by atoms with van der Waals surface area (Å²) in [6.07, 6.45) is 5.14. The predicted molar refractivity (Wildman–Crippen MR) is 78.3 cm³/mol. The molecule has 1 aliphatic heterocycles. The lowest BCUT2D eigenvalue weighted by Gasteiger charge is -2.26. The summed E-state index contributed by atoms with van der Waals surface area (Å²) in [4.78, 5) is 28.7. The van der Waals surface area contributed by atoms with Crippen LogP contribution < -0.4 is 5.11 Å². The van der Waals surface area contributed by atoms with Gasteiger partial charge in [0.2, 0.25) is 0 Å². The molecule has 20 heavy (non-hydrogen) atoms. The predicted octanol–water partition coefficient (Wildman–Crippen LogP) is 0.811. The Hall–Kier alpha value is -1.73. The zero-order valence-electron chi connectivity index (χ0n) is 10.6. The number of hydrogen-bond donors (Lipinski definition) is 0. The summed E-state index contributed by atoms with van der Waals surface area (Å²) in [7, 11) is 0. The fraction of sp³-hybridized carbons (Fsp3) is 0.231. The number of carbonyl (C=O) groups is 2. The van der Waals surface area contributed by atoms with Crippen LogP contribution in [-0.4, -0.2) is 32.1 Å². The van der Waals surface area contributed by atoms with E-state index in [9.17, 15) is 14.7 Å². The summed E-state index contributed by atoms with van der Waals surface area (Å²) >= 11 is 6.19. The van der Waals surface area contributed by atoms with Gasteiger partial charge in [-0.15, -0.1) is 0 Å². The minimum absolute atomic E-state index is 0.242. The average Bonchev–Trinajstić information content (AvgIpc) is 2.68. The van der Waals surface area contributed by atoms with Crippen molar-refractivity contribution >= 4 is 46.3 Å². The van der Waals surface area contributed by atoms with Crippen LogP contribution in [0.3, 0.4) is 0 Å². The molecule has 1 aliphatic rings. The number of rotatable bonds is 4. The molecule has 1 atom stereocenters. The van der Waals surface area contributed by atoms with Crippen LogP contribution in [0, 0.1) is 0 Å². The van der Waals surface area contributed by atoms with Crippen LogP contribution in [0.1, 0.15) is 18.9 Å². The van der Waals surface area contributed by atoms with E-state index < -0.39 is 17.9 Å². The topological polar surface area (TPSA) is 73.3 Å². The Morgan fingerprint density at radius 3 is 2.75 bits per heavy atom. The normalized spacial score (nSPS) is 18.6. The molecule has 7 heteroatoms. The highest BCUT2D eigenvalue weighted by Gasteiger charge is 2.36. The van der Waals surface area contributed by atoms with Gasteiger partial charge in [0.1, 0.15) is 4.32 Å². The zero-order valence-corrected chi connectivity index (χ0v) is 12.2. The summed E-state index contributed by atoms with van der Waals surface area (Å²) in [6, 6.07) is 2.48. The number of thiocarbonyl (C=S) groups is 1. The summed E-state index contributed by atoms with van der Waals surface area (Å²) in [6.45, 7) is 1.67. The molecule has 1 saturated heterocycles. The molecule has 2 heterocycles.